The molecular formula is C18H20ClN3O3. The number of carbonyl (C=O) groups is 2. The molecule has 1 heterocycles. The van der Waals surface area contributed by atoms with E-state index in [4.69, 9.17) is 16.3 Å². The van der Waals surface area contributed by atoms with Gasteiger partial charge in [-0.2, -0.15) is 0 Å². The van der Waals surface area contributed by atoms with Gasteiger partial charge in [-0.15, -0.1) is 0 Å². The maximum absolute atomic E-state index is 12.3. The van der Waals surface area contributed by atoms with E-state index in [1.54, 1.807) is 35.2 Å². The molecule has 0 aliphatic rings. The molecule has 0 bridgehead atoms. The molecule has 0 saturated heterocycles. The number of nitrogens with one attached hydrogen (secondary N) is 1. The van der Waals surface area contributed by atoms with Crippen LogP contribution >= 0.6 is 11.6 Å². The Hall–Kier alpha value is -2.60. The van der Waals surface area contributed by atoms with Gasteiger partial charge in [-0.1, -0.05) is 11.6 Å². The summed E-state index contributed by atoms with van der Waals surface area (Å²) in [5.74, 6) is 0.00243. The molecule has 0 aliphatic carbocycles. The van der Waals surface area contributed by atoms with Crippen molar-refractivity contribution in [3.8, 4) is 0 Å². The highest BCUT2D eigenvalue weighted by molar-refractivity contribution is 6.33. The maximum Gasteiger partial charge on any atom is 0.337 e. The number of rotatable bonds is 6. The molecular weight excluding hydrogens is 342 g/mol. The minimum Gasteiger partial charge on any atom is -0.465 e. The molecule has 0 spiro atoms. The average Bonchev–Trinajstić information content (AvgIpc) is 2.64. The fourth-order valence-corrected chi connectivity index (χ4v) is 2.46. The number of halogens is 1. The molecule has 1 amide bonds. The first kappa shape index (κ1) is 18.7. The van der Waals surface area contributed by atoms with Crippen LogP contribution in [0.25, 0.3) is 0 Å². The van der Waals surface area contributed by atoms with E-state index in [1.807, 2.05) is 13.8 Å². The highest BCUT2D eigenvalue weighted by Crippen LogP contribution is 2.26. The van der Waals surface area contributed by atoms with Crippen LogP contribution in [0.2, 0.25) is 5.02 Å². The molecule has 0 atom stereocenters. The summed E-state index contributed by atoms with van der Waals surface area (Å²) in [5.41, 5.74) is 1.42. The Balaban J connectivity index is 2.19. The number of ether oxygens (including phenoxy) is 1. The molecule has 6 nitrogen and oxygen atoms in total. The van der Waals surface area contributed by atoms with E-state index in [0.717, 1.165) is 0 Å². The lowest BCUT2D eigenvalue weighted by Crippen LogP contribution is -2.30. The first-order valence-electron chi connectivity index (χ1n) is 7.90. The van der Waals surface area contributed by atoms with Crippen LogP contribution in [0, 0.1) is 0 Å². The van der Waals surface area contributed by atoms with Gasteiger partial charge in [-0.3, -0.25) is 4.79 Å². The molecule has 2 aromatic rings. The Morgan fingerprint density at radius 3 is 2.40 bits per heavy atom. The van der Waals surface area contributed by atoms with E-state index in [1.165, 1.54) is 13.3 Å². The van der Waals surface area contributed by atoms with Crippen molar-refractivity contribution in [1.82, 2.24) is 9.88 Å². The topological polar surface area (TPSA) is 71.5 Å². The number of carbonyl (C=O) groups excluding carboxylic acids is 2. The molecule has 1 aromatic carbocycles. The number of amides is 1. The maximum atomic E-state index is 12.3. The normalized spacial score (nSPS) is 10.2. The molecule has 0 unspecified atom stereocenters. The Morgan fingerprint density at radius 1 is 1.16 bits per heavy atom. The van der Waals surface area contributed by atoms with Gasteiger partial charge in [0, 0.05) is 19.3 Å². The summed E-state index contributed by atoms with van der Waals surface area (Å²) in [6.45, 7) is 5.15. The Morgan fingerprint density at radius 2 is 1.84 bits per heavy atom. The number of methoxy groups -OCH3 is 1. The third-order valence-electron chi connectivity index (χ3n) is 3.71. The van der Waals surface area contributed by atoms with Crippen LogP contribution < -0.4 is 5.32 Å². The van der Waals surface area contributed by atoms with Crippen LogP contribution in [-0.4, -0.2) is 42.0 Å². The van der Waals surface area contributed by atoms with Gasteiger partial charge >= 0.3 is 5.97 Å². The number of esters is 1. The SMILES string of the molecule is CCN(CC)C(=O)c1ccc(Nc2cc(C(=O)OC)ccc2Cl)nc1. The molecule has 0 saturated carbocycles. The van der Waals surface area contributed by atoms with Gasteiger partial charge in [0.1, 0.15) is 5.82 Å². The second kappa shape index (κ2) is 8.48. The Bertz CT molecular complexity index is 759. The van der Waals surface area contributed by atoms with Gasteiger partial charge in [0.25, 0.3) is 5.91 Å². The van der Waals surface area contributed by atoms with Gasteiger partial charge in [0.05, 0.1) is 28.9 Å². The lowest BCUT2D eigenvalue weighted by Gasteiger charge is -2.18. The fourth-order valence-electron chi connectivity index (χ4n) is 2.29. The molecule has 0 fully saturated rings. The van der Waals surface area contributed by atoms with Crippen molar-refractivity contribution in [3.63, 3.8) is 0 Å². The van der Waals surface area contributed by atoms with Crippen molar-refractivity contribution in [1.29, 1.82) is 0 Å². The predicted octanol–water partition coefficient (Wildman–Crippen LogP) is 3.75. The lowest BCUT2D eigenvalue weighted by molar-refractivity contribution is 0.0600. The number of aromatic nitrogens is 1. The van der Waals surface area contributed by atoms with E-state index in [2.05, 4.69) is 10.3 Å². The van der Waals surface area contributed by atoms with Gasteiger partial charge in [-0.05, 0) is 44.2 Å². The molecule has 0 aliphatic heterocycles. The molecule has 1 aromatic heterocycles. The van der Waals surface area contributed by atoms with Gasteiger partial charge < -0.3 is 15.0 Å². The quantitative estimate of drug-likeness (QED) is 0.793. The first-order valence-corrected chi connectivity index (χ1v) is 8.28. The van der Waals surface area contributed by atoms with Crippen LogP contribution in [0.3, 0.4) is 0 Å². The first-order chi connectivity index (χ1) is 12.0. The zero-order chi connectivity index (χ0) is 18.4. The van der Waals surface area contributed by atoms with Crippen LogP contribution in [-0.2, 0) is 4.74 Å². The van der Waals surface area contributed by atoms with E-state index in [0.29, 0.717) is 40.7 Å². The van der Waals surface area contributed by atoms with Crippen LogP contribution in [0.5, 0.6) is 0 Å². The molecule has 132 valence electrons. The second-order valence-electron chi connectivity index (χ2n) is 5.22. The average molecular weight is 362 g/mol. The third kappa shape index (κ3) is 4.48. The molecule has 2 rings (SSSR count). The fraction of sp³-hybridized carbons (Fsp3) is 0.278. The summed E-state index contributed by atoms with van der Waals surface area (Å²) in [7, 11) is 1.32. The van der Waals surface area contributed by atoms with Crippen molar-refractivity contribution >= 4 is 35.0 Å². The summed E-state index contributed by atoms with van der Waals surface area (Å²) < 4.78 is 4.70. The van der Waals surface area contributed by atoms with Gasteiger partial charge in [-0.25, -0.2) is 9.78 Å². The summed E-state index contributed by atoms with van der Waals surface area (Å²) >= 11 is 6.15. The van der Waals surface area contributed by atoms with Crippen LogP contribution in [0.1, 0.15) is 34.6 Å². The standard InChI is InChI=1S/C18H20ClN3O3/c1-4-22(5-2)17(23)13-7-9-16(20-11-13)21-15-10-12(18(24)25-3)6-8-14(15)19/h6-11H,4-5H2,1-3H3,(H,20,21). The summed E-state index contributed by atoms with van der Waals surface area (Å²) in [6, 6.07) is 8.17. The summed E-state index contributed by atoms with van der Waals surface area (Å²) in [4.78, 5) is 29.9. The molecule has 0 radical (unpaired) electrons. The van der Waals surface area contributed by atoms with Crippen molar-refractivity contribution in [2.24, 2.45) is 0 Å². The smallest absolute Gasteiger partial charge is 0.337 e. The zero-order valence-electron chi connectivity index (χ0n) is 14.4. The molecule has 25 heavy (non-hydrogen) atoms. The predicted molar refractivity (Wildman–Crippen MR) is 97.6 cm³/mol. The van der Waals surface area contributed by atoms with E-state index < -0.39 is 5.97 Å². The second-order valence-corrected chi connectivity index (χ2v) is 5.63. The number of hydrogen-bond acceptors (Lipinski definition) is 5. The zero-order valence-corrected chi connectivity index (χ0v) is 15.1. The number of pyridine rings is 1. The number of benzene rings is 1. The van der Waals surface area contributed by atoms with Crippen molar-refractivity contribution in [3.05, 3.63) is 52.7 Å². The lowest BCUT2D eigenvalue weighted by atomic mass is 10.2. The Labute approximate surface area is 151 Å². The molecule has 1 N–H and O–H groups in total. The third-order valence-corrected chi connectivity index (χ3v) is 4.04. The number of hydrogen-bond donors (Lipinski definition) is 1. The van der Waals surface area contributed by atoms with E-state index in [9.17, 15) is 9.59 Å². The number of anilines is 2. The summed E-state index contributed by atoms with van der Waals surface area (Å²) in [5, 5.41) is 3.48. The van der Waals surface area contributed by atoms with Crippen molar-refractivity contribution < 1.29 is 14.3 Å². The minimum absolute atomic E-state index is 0.0604. The number of nitrogens with zero attached hydrogens (tertiary/aromatic N) is 2. The van der Waals surface area contributed by atoms with Crippen LogP contribution in [0.15, 0.2) is 36.5 Å². The Kier molecular flexibility index (Phi) is 6.36. The van der Waals surface area contributed by atoms with E-state index in [-0.39, 0.29) is 5.91 Å². The molecule has 7 heteroatoms. The van der Waals surface area contributed by atoms with Gasteiger partial charge in [0.2, 0.25) is 0 Å². The minimum atomic E-state index is -0.451. The van der Waals surface area contributed by atoms with Crippen LogP contribution in [0.4, 0.5) is 11.5 Å². The van der Waals surface area contributed by atoms with Gasteiger partial charge in [0.15, 0.2) is 0 Å². The summed E-state index contributed by atoms with van der Waals surface area (Å²) in [6.07, 6.45) is 1.51. The highest BCUT2D eigenvalue weighted by atomic mass is 35.5. The van der Waals surface area contributed by atoms with E-state index >= 15 is 0 Å². The highest BCUT2D eigenvalue weighted by Gasteiger charge is 2.13. The van der Waals surface area contributed by atoms with Crippen molar-refractivity contribution in [2.75, 3.05) is 25.5 Å². The monoisotopic (exact) mass is 361 g/mol. The van der Waals surface area contributed by atoms with Crippen molar-refractivity contribution in [2.45, 2.75) is 13.8 Å². The largest absolute Gasteiger partial charge is 0.465 e.